The third kappa shape index (κ3) is 4.66. The van der Waals surface area contributed by atoms with Crippen LogP contribution in [0.25, 0.3) is 20.8 Å². The molecule has 0 spiro atoms. The minimum Gasteiger partial charge on any atom is -0.399 e. The molecule has 1 aromatic carbocycles. The molecule has 0 saturated carbocycles. The van der Waals surface area contributed by atoms with Gasteiger partial charge in [-0.25, -0.2) is 9.97 Å². The molecule has 6 heteroatoms. The van der Waals surface area contributed by atoms with Crippen LogP contribution in [0.4, 0.5) is 11.5 Å². The fourth-order valence-corrected chi connectivity index (χ4v) is 3.09. The minimum atomic E-state index is 0.680. The summed E-state index contributed by atoms with van der Waals surface area (Å²) in [5.74, 6) is 0.841. The van der Waals surface area contributed by atoms with Crippen LogP contribution >= 0.6 is 11.3 Å². The molecule has 128 valence electrons. The molecule has 0 unspecified atom stereocenters. The first-order chi connectivity index (χ1) is 11.8. The van der Waals surface area contributed by atoms with Crippen LogP contribution in [0.1, 0.15) is 20.8 Å². The number of nitrogen functional groups attached to an aromatic ring is 1. The Morgan fingerprint density at radius 2 is 2.04 bits per heavy atom. The molecule has 3 aromatic rings. The van der Waals surface area contributed by atoms with Crippen LogP contribution < -0.4 is 11.1 Å². The Hall–Kier alpha value is -2.18. The lowest BCUT2D eigenvalue weighted by molar-refractivity contribution is 0.158. The van der Waals surface area contributed by atoms with Crippen LogP contribution in [0.5, 0.6) is 0 Å². The predicted octanol–water partition coefficient (Wildman–Crippen LogP) is 4.42. The Bertz CT molecular complexity index is 755. The maximum atomic E-state index is 5.81. The van der Waals surface area contributed by atoms with Crippen molar-refractivity contribution in [3.05, 3.63) is 36.5 Å². The number of aromatic nitrogens is 2. The van der Waals surface area contributed by atoms with Crippen molar-refractivity contribution in [2.24, 2.45) is 0 Å². The highest BCUT2D eigenvalue weighted by molar-refractivity contribution is 7.21. The molecule has 0 aliphatic rings. The summed E-state index contributed by atoms with van der Waals surface area (Å²) in [5, 5.41) is 4.18. The number of rotatable bonds is 6. The van der Waals surface area contributed by atoms with Gasteiger partial charge in [0, 0.05) is 30.6 Å². The van der Waals surface area contributed by atoms with Crippen molar-refractivity contribution >= 4 is 33.1 Å². The van der Waals surface area contributed by atoms with E-state index in [1.54, 1.807) is 11.3 Å². The number of fused-ring (bicyclic) bond motifs is 1. The average molecular weight is 344 g/mol. The number of thiazole rings is 1. The van der Waals surface area contributed by atoms with Gasteiger partial charge in [0.2, 0.25) is 0 Å². The first-order valence-electron chi connectivity index (χ1n) is 8.20. The summed E-state index contributed by atoms with van der Waals surface area (Å²) < 4.78 is 6.37. The number of ether oxygens (including phenoxy) is 1. The lowest BCUT2D eigenvalue weighted by Crippen LogP contribution is -2.09. The number of hydrogen-bond acceptors (Lipinski definition) is 6. The summed E-state index contributed by atoms with van der Waals surface area (Å²) in [7, 11) is 0. The molecular weight excluding hydrogens is 320 g/mol. The lowest BCUT2D eigenvalue weighted by atomic mass is 10.3. The van der Waals surface area contributed by atoms with Gasteiger partial charge in [0.25, 0.3) is 0 Å². The van der Waals surface area contributed by atoms with E-state index >= 15 is 0 Å². The maximum absolute atomic E-state index is 5.81. The third-order valence-corrected chi connectivity index (χ3v) is 4.25. The van der Waals surface area contributed by atoms with Gasteiger partial charge in [0.15, 0.2) is 0 Å². The Morgan fingerprint density at radius 1 is 1.21 bits per heavy atom. The largest absolute Gasteiger partial charge is 0.399 e. The van der Waals surface area contributed by atoms with Gasteiger partial charge in [0.05, 0.1) is 16.8 Å². The number of benzene rings is 1. The maximum Gasteiger partial charge on any atom is 0.126 e. The van der Waals surface area contributed by atoms with E-state index in [-0.39, 0.29) is 0 Å². The molecule has 2 aromatic heterocycles. The molecule has 0 aliphatic carbocycles. The highest BCUT2D eigenvalue weighted by Gasteiger charge is 2.07. The van der Waals surface area contributed by atoms with E-state index in [9.17, 15) is 0 Å². The zero-order chi connectivity index (χ0) is 17.4. The normalized spacial score (nSPS) is 10.3. The van der Waals surface area contributed by atoms with Gasteiger partial charge in [-0.1, -0.05) is 13.8 Å². The zero-order valence-corrected chi connectivity index (χ0v) is 15.2. The summed E-state index contributed by atoms with van der Waals surface area (Å²) in [6.45, 7) is 8.15. The Balaban J connectivity index is 0.00000100. The highest BCUT2D eigenvalue weighted by atomic mass is 32.1. The van der Waals surface area contributed by atoms with Crippen molar-refractivity contribution in [3.63, 3.8) is 0 Å². The van der Waals surface area contributed by atoms with E-state index in [4.69, 9.17) is 10.5 Å². The fourth-order valence-electron chi connectivity index (χ4n) is 2.09. The lowest BCUT2D eigenvalue weighted by Gasteiger charge is -2.05. The number of nitrogens with one attached hydrogen (secondary N) is 1. The standard InChI is InChI=1S/C16H18N4OS.C2H6/c1-2-21-8-7-18-15-6-3-11(10-19-15)16-20-13-5-4-12(17)9-14(13)22-16;1-2/h3-6,9-10H,2,7-8,17H2,1H3,(H,18,19);1-2H3. The zero-order valence-electron chi connectivity index (χ0n) is 14.4. The van der Waals surface area contributed by atoms with Crippen LogP contribution in [0, 0.1) is 0 Å². The molecule has 5 nitrogen and oxygen atoms in total. The summed E-state index contributed by atoms with van der Waals surface area (Å²) in [5.41, 5.74) is 8.54. The molecule has 3 N–H and O–H groups in total. The summed E-state index contributed by atoms with van der Waals surface area (Å²) in [6, 6.07) is 9.75. The van der Waals surface area contributed by atoms with Crippen LogP contribution in [-0.2, 0) is 4.74 Å². The molecule has 24 heavy (non-hydrogen) atoms. The quantitative estimate of drug-likeness (QED) is 0.512. The topological polar surface area (TPSA) is 73.1 Å². The van der Waals surface area contributed by atoms with Crippen LogP contribution in [0.2, 0.25) is 0 Å². The van der Waals surface area contributed by atoms with Gasteiger partial charge in [-0.05, 0) is 37.3 Å². The Kier molecular flexibility index (Phi) is 6.96. The Labute approximate surface area is 146 Å². The van der Waals surface area contributed by atoms with Crippen molar-refractivity contribution in [2.45, 2.75) is 20.8 Å². The first kappa shape index (κ1) is 18.2. The van der Waals surface area contributed by atoms with Crippen molar-refractivity contribution in [1.29, 1.82) is 0 Å². The predicted molar refractivity (Wildman–Crippen MR) is 104 cm³/mol. The molecule has 0 saturated heterocycles. The monoisotopic (exact) mass is 344 g/mol. The molecule has 0 atom stereocenters. The third-order valence-electron chi connectivity index (χ3n) is 3.18. The van der Waals surface area contributed by atoms with E-state index in [1.165, 1.54) is 0 Å². The van der Waals surface area contributed by atoms with Crippen molar-refractivity contribution in [1.82, 2.24) is 9.97 Å². The average Bonchev–Trinajstić information content (AvgIpc) is 3.04. The van der Waals surface area contributed by atoms with Gasteiger partial charge < -0.3 is 15.8 Å². The summed E-state index contributed by atoms with van der Waals surface area (Å²) in [6.07, 6.45) is 1.84. The number of pyridine rings is 1. The van der Waals surface area contributed by atoms with Crippen LogP contribution in [-0.4, -0.2) is 29.7 Å². The number of hydrogen-bond donors (Lipinski definition) is 2. The smallest absolute Gasteiger partial charge is 0.126 e. The molecule has 0 fully saturated rings. The molecule has 0 bridgehead atoms. The van der Waals surface area contributed by atoms with Crippen LogP contribution in [0.3, 0.4) is 0 Å². The SMILES string of the molecule is CC.CCOCCNc1ccc(-c2nc3ccc(N)cc3s2)cn1. The van der Waals surface area contributed by atoms with Crippen molar-refractivity contribution < 1.29 is 4.74 Å². The van der Waals surface area contributed by atoms with E-state index in [0.29, 0.717) is 6.61 Å². The molecule has 0 radical (unpaired) electrons. The molecular formula is C18H24N4OS. The van der Waals surface area contributed by atoms with Gasteiger partial charge >= 0.3 is 0 Å². The molecule has 3 rings (SSSR count). The second-order valence-electron chi connectivity index (χ2n) is 4.80. The van der Waals surface area contributed by atoms with Gasteiger partial charge in [-0.2, -0.15) is 0 Å². The van der Waals surface area contributed by atoms with Crippen molar-refractivity contribution in [2.75, 3.05) is 30.8 Å². The first-order valence-corrected chi connectivity index (χ1v) is 9.02. The van der Waals surface area contributed by atoms with E-state index < -0.39 is 0 Å². The molecule has 0 amide bonds. The summed E-state index contributed by atoms with van der Waals surface area (Å²) in [4.78, 5) is 9.04. The number of nitrogens with two attached hydrogens (primary N) is 1. The van der Waals surface area contributed by atoms with Crippen molar-refractivity contribution in [3.8, 4) is 10.6 Å². The second kappa shape index (κ2) is 9.20. The summed E-state index contributed by atoms with van der Waals surface area (Å²) >= 11 is 1.62. The number of anilines is 2. The Morgan fingerprint density at radius 3 is 2.75 bits per heavy atom. The van der Waals surface area contributed by atoms with Gasteiger partial charge in [-0.3, -0.25) is 0 Å². The molecule has 0 aliphatic heterocycles. The van der Waals surface area contributed by atoms with Crippen LogP contribution in [0.15, 0.2) is 36.5 Å². The van der Waals surface area contributed by atoms with E-state index in [1.807, 2.05) is 57.3 Å². The molecule has 2 heterocycles. The van der Waals surface area contributed by atoms with Gasteiger partial charge in [-0.15, -0.1) is 11.3 Å². The fraction of sp³-hybridized carbons (Fsp3) is 0.333. The van der Waals surface area contributed by atoms with E-state index in [0.717, 1.165) is 45.4 Å². The highest BCUT2D eigenvalue weighted by Crippen LogP contribution is 2.31. The number of nitrogens with zero attached hydrogens (tertiary/aromatic N) is 2. The van der Waals surface area contributed by atoms with E-state index in [2.05, 4.69) is 15.3 Å². The van der Waals surface area contributed by atoms with Gasteiger partial charge in [0.1, 0.15) is 10.8 Å². The minimum absolute atomic E-state index is 0.680. The second-order valence-corrected chi connectivity index (χ2v) is 5.83.